The maximum atomic E-state index is 11.9. The Morgan fingerprint density at radius 1 is 1.39 bits per heavy atom. The molecule has 0 fully saturated rings. The van der Waals surface area contributed by atoms with E-state index < -0.39 is 10.0 Å². The molecule has 0 unspecified atom stereocenters. The summed E-state index contributed by atoms with van der Waals surface area (Å²) in [6.45, 7) is 5.05. The summed E-state index contributed by atoms with van der Waals surface area (Å²) in [5.74, 6) is 0. The molecule has 0 aliphatic rings. The number of rotatable bonds is 6. The summed E-state index contributed by atoms with van der Waals surface area (Å²) in [5, 5.41) is 3.54. The molecule has 0 radical (unpaired) electrons. The van der Waals surface area contributed by atoms with Crippen molar-refractivity contribution in [1.29, 1.82) is 0 Å². The lowest BCUT2D eigenvalue weighted by Gasteiger charge is -2.13. The Morgan fingerprint density at radius 2 is 2.06 bits per heavy atom. The number of likely N-dealkylation sites (N-methyl/N-ethyl adjacent to an activating group) is 1. The maximum absolute atomic E-state index is 11.9. The minimum atomic E-state index is -3.47. The number of hydrogen-bond donors (Lipinski definition) is 2. The van der Waals surface area contributed by atoms with Crippen LogP contribution >= 0.6 is 24.0 Å². The summed E-state index contributed by atoms with van der Waals surface area (Å²) in [7, 11) is -3.47. The van der Waals surface area contributed by atoms with Gasteiger partial charge in [-0.05, 0) is 31.7 Å². The van der Waals surface area contributed by atoms with Crippen LogP contribution in [0.4, 0.5) is 0 Å². The minimum absolute atomic E-state index is 0. The van der Waals surface area contributed by atoms with Crippen molar-refractivity contribution < 1.29 is 8.42 Å². The van der Waals surface area contributed by atoms with Gasteiger partial charge in [-0.25, -0.2) is 13.1 Å². The van der Waals surface area contributed by atoms with Crippen LogP contribution in [-0.4, -0.2) is 27.5 Å². The molecule has 7 heteroatoms. The Labute approximate surface area is 120 Å². The molecule has 0 aliphatic carbocycles. The average molecular weight is 313 g/mol. The van der Waals surface area contributed by atoms with Crippen LogP contribution in [0.25, 0.3) is 0 Å². The van der Waals surface area contributed by atoms with Crippen LogP contribution in [-0.2, 0) is 10.0 Å². The van der Waals surface area contributed by atoms with Gasteiger partial charge in [-0.1, -0.05) is 24.6 Å². The zero-order chi connectivity index (χ0) is 12.9. The van der Waals surface area contributed by atoms with Crippen molar-refractivity contribution in [2.45, 2.75) is 24.8 Å². The molecular weight excluding hydrogens is 295 g/mol. The third-order valence-electron chi connectivity index (χ3n) is 2.24. The molecule has 1 aromatic carbocycles. The zero-order valence-corrected chi connectivity index (χ0v) is 12.7. The van der Waals surface area contributed by atoms with E-state index in [0.717, 1.165) is 6.54 Å². The molecular formula is C11H18Cl2N2O2S. The van der Waals surface area contributed by atoms with Gasteiger partial charge >= 0.3 is 0 Å². The Bertz CT molecular complexity index is 466. The lowest BCUT2D eigenvalue weighted by Crippen LogP contribution is -2.38. The van der Waals surface area contributed by atoms with Gasteiger partial charge in [-0.15, -0.1) is 12.4 Å². The Morgan fingerprint density at radius 3 is 2.61 bits per heavy atom. The van der Waals surface area contributed by atoms with Gasteiger partial charge in [-0.2, -0.15) is 0 Å². The normalized spacial score (nSPS) is 12.8. The van der Waals surface area contributed by atoms with Gasteiger partial charge in [-0.3, -0.25) is 0 Å². The quantitative estimate of drug-likeness (QED) is 0.845. The highest BCUT2D eigenvalue weighted by Gasteiger charge is 2.14. The molecule has 1 atom stereocenters. The van der Waals surface area contributed by atoms with Gasteiger partial charge in [0.25, 0.3) is 0 Å². The highest BCUT2D eigenvalue weighted by atomic mass is 35.5. The number of halogens is 2. The molecule has 0 aromatic heterocycles. The summed E-state index contributed by atoms with van der Waals surface area (Å²) in [6, 6.07) is 6.30. The molecule has 0 aliphatic heterocycles. The van der Waals surface area contributed by atoms with Crippen molar-refractivity contribution in [3.05, 3.63) is 29.3 Å². The number of hydrogen-bond acceptors (Lipinski definition) is 3. The monoisotopic (exact) mass is 312 g/mol. The van der Waals surface area contributed by atoms with Crippen LogP contribution in [0.1, 0.15) is 13.8 Å². The summed E-state index contributed by atoms with van der Waals surface area (Å²) >= 11 is 5.76. The molecule has 0 spiro atoms. The standard InChI is InChI=1S/C11H17ClN2O2S.ClH/c1-3-13-9(2)8-14-17(15,16)11-6-4-5-10(12)7-11;/h4-7,9,13-14H,3,8H2,1-2H3;1H/t9-;/m1./s1. The van der Waals surface area contributed by atoms with E-state index in [1.807, 2.05) is 13.8 Å². The van der Waals surface area contributed by atoms with Crippen molar-refractivity contribution in [3.63, 3.8) is 0 Å². The smallest absolute Gasteiger partial charge is 0.240 e. The number of nitrogens with one attached hydrogen (secondary N) is 2. The fraction of sp³-hybridized carbons (Fsp3) is 0.455. The van der Waals surface area contributed by atoms with E-state index in [1.165, 1.54) is 12.1 Å². The van der Waals surface area contributed by atoms with E-state index in [4.69, 9.17) is 11.6 Å². The van der Waals surface area contributed by atoms with Crippen molar-refractivity contribution in [1.82, 2.24) is 10.0 Å². The summed E-state index contributed by atoms with van der Waals surface area (Å²) in [4.78, 5) is 0.189. The Balaban J connectivity index is 0.00000289. The van der Waals surface area contributed by atoms with Gasteiger partial charge in [0.1, 0.15) is 0 Å². The number of benzene rings is 1. The van der Waals surface area contributed by atoms with Gasteiger partial charge < -0.3 is 5.32 Å². The summed E-state index contributed by atoms with van der Waals surface area (Å²) in [5.41, 5.74) is 0. The first-order valence-corrected chi connectivity index (χ1v) is 7.30. The third-order valence-corrected chi connectivity index (χ3v) is 3.89. The van der Waals surface area contributed by atoms with Crippen LogP contribution in [0, 0.1) is 0 Å². The van der Waals surface area contributed by atoms with Crippen molar-refractivity contribution in [3.8, 4) is 0 Å². The van der Waals surface area contributed by atoms with Crippen LogP contribution in [0.2, 0.25) is 5.02 Å². The van der Waals surface area contributed by atoms with Gasteiger partial charge in [0.2, 0.25) is 10.0 Å². The fourth-order valence-corrected chi connectivity index (χ4v) is 2.80. The van der Waals surface area contributed by atoms with Crippen LogP contribution in [0.5, 0.6) is 0 Å². The van der Waals surface area contributed by atoms with Crippen molar-refractivity contribution >= 4 is 34.0 Å². The molecule has 1 rings (SSSR count). The van der Waals surface area contributed by atoms with Gasteiger partial charge in [0, 0.05) is 17.6 Å². The molecule has 104 valence electrons. The second kappa shape index (κ2) is 7.96. The molecule has 2 N–H and O–H groups in total. The predicted molar refractivity (Wildman–Crippen MR) is 77.0 cm³/mol. The second-order valence-corrected chi connectivity index (χ2v) is 5.97. The first-order valence-electron chi connectivity index (χ1n) is 5.44. The molecule has 1 aromatic rings. The highest BCUT2D eigenvalue weighted by molar-refractivity contribution is 7.89. The van der Waals surface area contributed by atoms with E-state index in [9.17, 15) is 8.42 Å². The fourth-order valence-electron chi connectivity index (χ4n) is 1.37. The molecule has 0 bridgehead atoms. The van der Waals surface area contributed by atoms with Crippen LogP contribution in [0.15, 0.2) is 29.2 Å². The lowest BCUT2D eigenvalue weighted by atomic mass is 10.3. The van der Waals surface area contributed by atoms with E-state index in [0.29, 0.717) is 11.6 Å². The van der Waals surface area contributed by atoms with E-state index in [-0.39, 0.29) is 23.3 Å². The van der Waals surface area contributed by atoms with E-state index >= 15 is 0 Å². The van der Waals surface area contributed by atoms with Crippen LogP contribution in [0.3, 0.4) is 0 Å². The summed E-state index contributed by atoms with van der Waals surface area (Å²) < 4.78 is 26.3. The van der Waals surface area contributed by atoms with Crippen molar-refractivity contribution in [2.75, 3.05) is 13.1 Å². The SMILES string of the molecule is CCN[C@H](C)CNS(=O)(=O)c1cccc(Cl)c1.Cl. The topological polar surface area (TPSA) is 58.2 Å². The van der Waals surface area contributed by atoms with Crippen LogP contribution < -0.4 is 10.0 Å². The highest BCUT2D eigenvalue weighted by Crippen LogP contribution is 2.14. The van der Waals surface area contributed by atoms with Gasteiger partial charge in [0.15, 0.2) is 0 Å². The summed E-state index contributed by atoms with van der Waals surface area (Å²) in [6.07, 6.45) is 0. The molecule has 0 saturated heterocycles. The lowest BCUT2D eigenvalue weighted by molar-refractivity contribution is 0.536. The first-order chi connectivity index (χ1) is 7.95. The average Bonchev–Trinajstić information content (AvgIpc) is 2.27. The zero-order valence-electron chi connectivity index (χ0n) is 10.3. The maximum Gasteiger partial charge on any atom is 0.240 e. The van der Waals surface area contributed by atoms with E-state index in [1.54, 1.807) is 12.1 Å². The second-order valence-electron chi connectivity index (χ2n) is 3.77. The largest absolute Gasteiger partial charge is 0.313 e. The molecule has 0 heterocycles. The molecule has 0 amide bonds. The molecule has 4 nitrogen and oxygen atoms in total. The predicted octanol–water partition coefficient (Wildman–Crippen LogP) is 2.04. The molecule has 18 heavy (non-hydrogen) atoms. The molecule has 0 saturated carbocycles. The Kier molecular flexibility index (Phi) is 7.82. The Hall–Kier alpha value is -0.330. The number of sulfonamides is 1. The first kappa shape index (κ1) is 17.7. The van der Waals surface area contributed by atoms with Gasteiger partial charge in [0.05, 0.1) is 4.90 Å². The minimum Gasteiger partial charge on any atom is -0.313 e. The van der Waals surface area contributed by atoms with E-state index in [2.05, 4.69) is 10.0 Å². The van der Waals surface area contributed by atoms with Crippen molar-refractivity contribution in [2.24, 2.45) is 0 Å². The third kappa shape index (κ3) is 5.54.